The molecule has 1 aliphatic rings. The minimum Gasteiger partial charge on any atom is -0.325 e. The van der Waals surface area contributed by atoms with E-state index in [-0.39, 0.29) is 5.91 Å². The van der Waals surface area contributed by atoms with E-state index in [4.69, 9.17) is 5.26 Å². The highest BCUT2D eigenvalue weighted by Gasteiger charge is 2.18. The van der Waals surface area contributed by atoms with Crippen LogP contribution in [0.2, 0.25) is 0 Å². The summed E-state index contributed by atoms with van der Waals surface area (Å²) in [6.45, 7) is 0. The van der Waals surface area contributed by atoms with Gasteiger partial charge in [0.15, 0.2) is 0 Å². The summed E-state index contributed by atoms with van der Waals surface area (Å²) >= 11 is 0. The van der Waals surface area contributed by atoms with Gasteiger partial charge in [-0.1, -0.05) is 0 Å². The summed E-state index contributed by atoms with van der Waals surface area (Å²) in [7, 11) is 0. The number of carbonyl (C=O) groups is 1. The lowest BCUT2D eigenvalue weighted by atomic mass is 10.1. The summed E-state index contributed by atoms with van der Waals surface area (Å²) in [4.78, 5) is 15.8. The molecule has 0 saturated carbocycles. The monoisotopic (exact) mass is 291 g/mol. The van der Waals surface area contributed by atoms with Crippen LogP contribution in [0, 0.1) is 11.3 Å². The van der Waals surface area contributed by atoms with Crippen LogP contribution >= 0.6 is 0 Å². The molecule has 108 valence electrons. The minimum atomic E-state index is -0.0315. The Morgan fingerprint density at radius 3 is 2.82 bits per heavy atom. The zero-order chi connectivity index (χ0) is 15.4. The Morgan fingerprint density at radius 2 is 2.05 bits per heavy atom. The number of hydrogen-bond acceptors (Lipinski definition) is 5. The number of rotatable bonds is 2. The number of pyridine rings is 1. The Kier molecular flexibility index (Phi) is 3.79. The summed E-state index contributed by atoms with van der Waals surface area (Å²) in [6, 6.07) is 10.8. The maximum absolute atomic E-state index is 11.7. The van der Waals surface area contributed by atoms with Gasteiger partial charge in [-0.15, -0.1) is 0 Å². The van der Waals surface area contributed by atoms with Gasteiger partial charge in [-0.25, -0.2) is 0 Å². The molecule has 1 amide bonds. The molecule has 0 spiro atoms. The molecule has 6 heteroatoms. The van der Waals surface area contributed by atoms with Gasteiger partial charge in [0, 0.05) is 30.8 Å². The number of nitriles is 1. The van der Waals surface area contributed by atoms with E-state index in [0.717, 1.165) is 22.6 Å². The van der Waals surface area contributed by atoms with E-state index in [0.29, 0.717) is 18.4 Å². The molecular weight excluding hydrogens is 278 g/mol. The third-order valence-electron chi connectivity index (χ3n) is 3.33. The fourth-order valence-electron chi connectivity index (χ4n) is 2.18. The van der Waals surface area contributed by atoms with E-state index in [1.54, 1.807) is 42.7 Å². The molecule has 1 aromatic heterocycles. The van der Waals surface area contributed by atoms with Crippen LogP contribution in [0.4, 0.5) is 11.4 Å². The van der Waals surface area contributed by atoms with Gasteiger partial charge in [-0.05, 0) is 30.3 Å². The van der Waals surface area contributed by atoms with Gasteiger partial charge in [0.25, 0.3) is 0 Å². The van der Waals surface area contributed by atoms with Crippen molar-refractivity contribution in [2.75, 3.05) is 10.7 Å². The number of nitrogens with one attached hydrogen (secondary N) is 2. The Bertz CT molecular complexity index is 774. The van der Waals surface area contributed by atoms with Crippen LogP contribution in [0.5, 0.6) is 0 Å². The first-order valence-corrected chi connectivity index (χ1v) is 6.83. The first-order valence-electron chi connectivity index (χ1n) is 6.83. The van der Waals surface area contributed by atoms with E-state index >= 15 is 0 Å². The molecule has 2 aromatic rings. The summed E-state index contributed by atoms with van der Waals surface area (Å²) in [5, 5.41) is 16.0. The fraction of sp³-hybridized carbons (Fsp3) is 0.125. The number of fused-ring (bicyclic) bond motifs is 1. The third-order valence-corrected chi connectivity index (χ3v) is 3.33. The van der Waals surface area contributed by atoms with Crippen LogP contribution in [0.3, 0.4) is 0 Å². The summed E-state index contributed by atoms with van der Waals surface area (Å²) in [5.41, 5.74) is 6.64. The molecule has 0 saturated heterocycles. The highest BCUT2D eigenvalue weighted by molar-refractivity contribution is 6.11. The first-order chi connectivity index (χ1) is 10.8. The van der Waals surface area contributed by atoms with Crippen molar-refractivity contribution in [1.82, 2.24) is 4.98 Å². The maximum atomic E-state index is 11.7. The van der Waals surface area contributed by atoms with Gasteiger partial charge in [-0.2, -0.15) is 10.4 Å². The van der Waals surface area contributed by atoms with Crippen molar-refractivity contribution in [3.05, 3.63) is 53.9 Å². The standard InChI is InChI=1S/C16H13N5O/c17-9-11-1-3-12(4-2-11)20-21-15-5-6-16(22)19-14-7-8-18-10-13(14)15/h1-4,7-8,10,20H,5-6H2,(H,19,22)/b21-15+. The zero-order valence-electron chi connectivity index (χ0n) is 11.7. The lowest BCUT2D eigenvalue weighted by molar-refractivity contribution is -0.116. The van der Waals surface area contributed by atoms with E-state index in [2.05, 4.69) is 26.9 Å². The van der Waals surface area contributed by atoms with Gasteiger partial charge in [0.2, 0.25) is 5.91 Å². The van der Waals surface area contributed by atoms with Gasteiger partial charge in [0.1, 0.15) is 0 Å². The second-order valence-corrected chi connectivity index (χ2v) is 4.83. The molecule has 6 nitrogen and oxygen atoms in total. The van der Waals surface area contributed by atoms with E-state index in [9.17, 15) is 4.79 Å². The second-order valence-electron chi connectivity index (χ2n) is 4.83. The van der Waals surface area contributed by atoms with Crippen LogP contribution < -0.4 is 10.7 Å². The van der Waals surface area contributed by atoms with Crippen molar-refractivity contribution in [2.24, 2.45) is 5.10 Å². The molecule has 0 atom stereocenters. The van der Waals surface area contributed by atoms with E-state index in [1.807, 2.05) is 0 Å². The number of benzene rings is 1. The van der Waals surface area contributed by atoms with E-state index < -0.39 is 0 Å². The van der Waals surface area contributed by atoms with Crippen molar-refractivity contribution in [2.45, 2.75) is 12.8 Å². The predicted molar refractivity (Wildman–Crippen MR) is 83.4 cm³/mol. The number of carbonyl (C=O) groups excluding carboxylic acids is 1. The molecule has 0 unspecified atom stereocenters. The molecule has 0 radical (unpaired) electrons. The summed E-state index contributed by atoms with van der Waals surface area (Å²) in [5.74, 6) is -0.0315. The Balaban J connectivity index is 1.86. The third kappa shape index (κ3) is 2.94. The minimum absolute atomic E-state index is 0.0315. The number of anilines is 2. The molecule has 0 fully saturated rings. The van der Waals surface area contributed by atoms with Crippen LogP contribution in [-0.4, -0.2) is 16.6 Å². The van der Waals surface area contributed by atoms with Gasteiger partial charge >= 0.3 is 0 Å². The van der Waals surface area contributed by atoms with Crippen molar-refractivity contribution in [3.63, 3.8) is 0 Å². The molecule has 2 heterocycles. The molecule has 3 rings (SSSR count). The molecule has 0 bridgehead atoms. The molecular formula is C16H13N5O. The van der Waals surface area contributed by atoms with Crippen LogP contribution in [0.1, 0.15) is 24.0 Å². The van der Waals surface area contributed by atoms with Gasteiger partial charge < -0.3 is 5.32 Å². The van der Waals surface area contributed by atoms with Crippen LogP contribution in [-0.2, 0) is 4.79 Å². The first kappa shape index (κ1) is 13.8. The highest BCUT2D eigenvalue weighted by Crippen LogP contribution is 2.21. The largest absolute Gasteiger partial charge is 0.325 e. The Labute approximate surface area is 127 Å². The second kappa shape index (κ2) is 6.06. The number of nitrogens with zero attached hydrogens (tertiary/aromatic N) is 3. The molecule has 22 heavy (non-hydrogen) atoms. The normalized spacial score (nSPS) is 15.4. The fourth-order valence-corrected chi connectivity index (χ4v) is 2.18. The van der Waals surface area contributed by atoms with Gasteiger partial charge in [0.05, 0.1) is 28.7 Å². The smallest absolute Gasteiger partial charge is 0.224 e. The number of hydrazone groups is 1. The number of hydrogen-bond donors (Lipinski definition) is 2. The number of aromatic nitrogens is 1. The average Bonchev–Trinajstić information content (AvgIpc) is 2.72. The van der Waals surface area contributed by atoms with Crippen LogP contribution in [0.15, 0.2) is 47.8 Å². The van der Waals surface area contributed by atoms with Gasteiger partial charge in [-0.3, -0.25) is 15.2 Å². The van der Waals surface area contributed by atoms with Crippen LogP contribution in [0.25, 0.3) is 0 Å². The maximum Gasteiger partial charge on any atom is 0.224 e. The molecule has 0 aliphatic carbocycles. The number of amides is 1. The highest BCUT2D eigenvalue weighted by atomic mass is 16.1. The lowest BCUT2D eigenvalue weighted by Crippen LogP contribution is -2.09. The van der Waals surface area contributed by atoms with Crippen molar-refractivity contribution < 1.29 is 4.79 Å². The molecule has 1 aliphatic heterocycles. The average molecular weight is 291 g/mol. The predicted octanol–water partition coefficient (Wildman–Crippen LogP) is 2.50. The Hall–Kier alpha value is -3.20. The van der Waals surface area contributed by atoms with E-state index in [1.165, 1.54) is 0 Å². The Morgan fingerprint density at radius 1 is 1.23 bits per heavy atom. The van der Waals surface area contributed by atoms with Crippen molar-refractivity contribution in [3.8, 4) is 6.07 Å². The quantitative estimate of drug-likeness (QED) is 0.832. The van der Waals surface area contributed by atoms with Crippen molar-refractivity contribution in [1.29, 1.82) is 5.26 Å². The summed E-state index contributed by atoms with van der Waals surface area (Å²) in [6.07, 6.45) is 4.24. The van der Waals surface area contributed by atoms with Crippen molar-refractivity contribution >= 4 is 23.0 Å². The summed E-state index contributed by atoms with van der Waals surface area (Å²) < 4.78 is 0. The zero-order valence-corrected chi connectivity index (χ0v) is 11.7. The molecule has 1 aromatic carbocycles. The SMILES string of the molecule is N#Cc1ccc(N/N=C2\CCC(=O)Nc3ccncc32)cc1. The topological polar surface area (TPSA) is 90.2 Å². The molecule has 2 N–H and O–H groups in total. The lowest BCUT2D eigenvalue weighted by Gasteiger charge is -2.07.